The summed E-state index contributed by atoms with van der Waals surface area (Å²) in [4.78, 5) is 0. The molecule has 0 radical (unpaired) electrons. The van der Waals surface area contributed by atoms with E-state index >= 15 is 0 Å². The highest BCUT2D eigenvalue weighted by molar-refractivity contribution is 7.84. The molecule has 0 bridgehead atoms. The van der Waals surface area contributed by atoms with Crippen molar-refractivity contribution >= 4 is 10.8 Å². The largest absolute Gasteiger partial charge is 0.303 e. The lowest BCUT2D eigenvalue weighted by Gasteiger charge is -2.13. The Morgan fingerprint density at radius 1 is 1.67 bits per heavy atom. The van der Waals surface area contributed by atoms with Crippen LogP contribution in [0.4, 0.5) is 0 Å². The normalized spacial score (nSPS) is 17.8. The van der Waals surface area contributed by atoms with Gasteiger partial charge in [0.15, 0.2) is 0 Å². The first-order valence-corrected chi connectivity index (χ1v) is 5.75. The fourth-order valence-electron chi connectivity index (χ4n) is 0.747. The number of rotatable bonds is 5. The molecule has 0 fully saturated rings. The second kappa shape index (κ2) is 6.22. The molecular weight excluding hydrogens is 170 g/mol. The Bertz CT molecular complexity index is 185. The molecule has 0 heterocycles. The summed E-state index contributed by atoms with van der Waals surface area (Å²) < 4.78 is 11.0. The summed E-state index contributed by atoms with van der Waals surface area (Å²) in [5.41, 5.74) is 0. The summed E-state index contributed by atoms with van der Waals surface area (Å²) in [6.07, 6.45) is 7.88. The molecule has 0 saturated heterocycles. The highest BCUT2D eigenvalue weighted by Gasteiger charge is 2.07. The SMILES string of the molecule is C#CC(CC)NCC(C)S(C)=O. The number of hydrogen-bond donors (Lipinski definition) is 1. The van der Waals surface area contributed by atoms with Gasteiger partial charge in [0.1, 0.15) is 0 Å². The van der Waals surface area contributed by atoms with E-state index in [4.69, 9.17) is 6.42 Å². The lowest BCUT2D eigenvalue weighted by Crippen LogP contribution is -2.34. The quantitative estimate of drug-likeness (QED) is 0.644. The maximum absolute atomic E-state index is 11.0. The minimum atomic E-state index is -0.762. The summed E-state index contributed by atoms with van der Waals surface area (Å²) in [6.45, 7) is 4.71. The van der Waals surface area contributed by atoms with Crippen LogP contribution in [0.1, 0.15) is 20.3 Å². The minimum absolute atomic E-state index is 0.121. The predicted molar refractivity (Wildman–Crippen MR) is 54.4 cm³/mol. The lowest BCUT2D eigenvalue weighted by molar-refractivity contribution is 0.584. The van der Waals surface area contributed by atoms with Gasteiger partial charge in [0.05, 0.1) is 6.04 Å². The molecule has 12 heavy (non-hydrogen) atoms. The Kier molecular flexibility index (Phi) is 6.04. The van der Waals surface area contributed by atoms with Gasteiger partial charge in [-0.2, -0.15) is 0 Å². The van der Waals surface area contributed by atoms with Crippen LogP contribution in [-0.2, 0) is 10.8 Å². The molecular formula is C9H17NOS. The molecule has 0 amide bonds. The standard InChI is InChI=1S/C9H17NOS/c1-5-9(6-2)10-7-8(3)12(4)11/h1,8-10H,6-7H2,2-4H3. The molecule has 0 rings (SSSR count). The first-order valence-electron chi connectivity index (χ1n) is 4.13. The maximum atomic E-state index is 11.0. The van der Waals surface area contributed by atoms with Gasteiger partial charge >= 0.3 is 0 Å². The van der Waals surface area contributed by atoms with Gasteiger partial charge in [0.25, 0.3) is 0 Å². The van der Waals surface area contributed by atoms with Crippen LogP contribution in [-0.4, -0.2) is 28.3 Å². The van der Waals surface area contributed by atoms with Crippen LogP contribution in [0.25, 0.3) is 0 Å². The van der Waals surface area contributed by atoms with Gasteiger partial charge < -0.3 is 5.32 Å². The van der Waals surface area contributed by atoms with Crippen molar-refractivity contribution in [3.8, 4) is 12.3 Å². The molecule has 3 unspecified atom stereocenters. The molecule has 0 aromatic carbocycles. The minimum Gasteiger partial charge on any atom is -0.303 e. The Labute approximate surface area is 77.6 Å². The fraction of sp³-hybridized carbons (Fsp3) is 0.778. The molecule has 3 heteroatoms. The second-order valence-corrected chi connectivity index (χ2v) is 4.65. The van der Waals surface area contributed by atoms with E-state index in [1.54, 1.807) is 6.26 Å². The average molecular weight is 187 g/mol. The molecule has 0 aliphatic carbocycles. The van der Waals surface area contributed by atoms with Crippen molar-refractivity contribution in [1.29, 1.82) is 0 Å². The molecule has 0 aromatic heterocycles. The summed E-state index contributed by atoms with van der Waals surface area (Å²) >= 11 is 0. The van der Waals surface area contributed by atoms with Crippen molar-refractivity contribution in [3.05, 3.63) is 0 Å². The Hall–Kier alpha value is -0.330. The van der Waals surface area contributed by atoms with Crippen LogP contribution < -0.4 is 5.32 Å². The molecule has 0 saturated carbocycles. The zero-order valence-corrected chi connectivity index (χ0v) is 8.78. The third-order valence-corrected chi connectivity index (χ3v) is 3.13. The third kappa shape index (κ3) is 4.53. The molecule has 0 aliphatic heterocycles. The number of hydrogen-bond acceptors (Lipinski definition) is 2. The van der Waals surface area contributed by atoms with E-state index < -0.39 is 10.8 Å². The third-order valence-electron chi connectivity index (χ3n) is 1.83. The van der Waals surface area contributed by atoms with Crippen molar-refractivity contribution in [2.24, 2.45) is 0 Å². The highest BCUT2D eigenvalue weighted by Crippen LogP contribution is 1.93. The van der Waals surface area contributed by atoms with Crippen molar-refractivity contribution in [1.82, 2.24) is 5.32 Å². The van der Waals surface area contributed by atoms with Gasteiger partial charge in [-0.05, 0) is 13.3 Å². The molecule has 3 atom stereocenters. The smallest absolute Gasteiger partial charge is 0.0684 e. The predicted octanol–water partition coefficient (Wildman–Crippen LogP) is 0.755. The zero-order valence-electron chi connectivity index (χ0n) is 7.96. The van der Waals surface area contributed by atoms with Gasteiger partial charge in [0, 0.05) is 28.9 Å². The van der Waals surface area contributed by atoms with E-state index in [2.05, 4.69) is 11.2 Å². The first-order chi connectivity index (χ1) is 5.61. The molecule has 2 nitrogen and oxygen atoms in total. The molecule has 0 aromatic rings. The molecule has 1 N–H and O–H groups in total. The Balaban J connectivity index is 3.68. The van der Waals surface area contributed by atoms with Crippen molar-refractivity contribution < 1.29 is 4.21 Å². The summed E-state index contributed by atoms with van der Waals surface area (Å²) in [5, 5.41) is 3.34. The van der Waals surface area contributed by atoms with Crippen LogP contribution in [0.2, 0.25) is 0 Å². The van der Waals surface area contributed by atoms with Crippen LogP contribution >= 0.6 is 0 Å². The van der Waals surface area contributed by atoms with Gasteiger partial charge in [0.2, 0.25) is 0 Å². The van der Waals surface area contributed by atoms with E-state index in [9.17, 15) is 4.21 Å². The van der Waals surface area contributed by atoms with Crippen molar-refractivity contribution in [2.75, 3.05) is 12.8 Å². The summed E-state index contributed by atoms with van der Waals surface area (Å²) in [5.74, 6) is 2.64. The van der Waals surface area contributed by atoms with Gasteiger partial charge in [-0.1, -0.05) is 12.8 Å². The van der Waals surface area contributed by atoms with Gasteiger partial charge in [-0.25, -0.2) is 0 Å². The number of terminal acetylenes is 1. The second-order valence-electron chi connectivity index (χ2n) is 2.84. The average Bonchev–Trinajstić information content (AvgIpc) is 2.05. The number of nitrogens with one attached hydrogen (secondary N) is 1. The lowest BCUT2D eigenvalue weighted by atomic mass is 10.2. The Morgan fingerprint density at radius 2 is 2.25 bits per heavy atom. The van der Waals surface area contributed by atoms with E-state index in [0.29, 0.717) is 0 Å². The van der Waals surface area contributed by atoms with Crippen LogP contribution in [0.3, 0.4) is 0 Å². The van der Waals surface area contributed by atoms with Gasteiger partial charge in [-0.15, -0.1) is 6.42 Å². The molecule has 0 aliphatic rings. The van der Waals surface area contributed by atoms with Crippen LogP contribution in [0.15, 0.2) is 0 Å². The molecule has 0 spiro atoms. The maximum Gasteiger partial charge on any atom is 0.0684 e. The van der Waals surface area contributed by atoms with Crippen molar-refractivity contribution in [3.63, 3.8) is 0 Å². The van der Waals surface area contributed by atoms with Crippen LogP contribution in [0, 0.1) is 12.3 Å². The zero-order chi connectivity index (χ0) is 9.56. The summed E-state index contributed by atoms with van der Waals surface area (Å²) in [6, 6.07) is 0.121. The monoisotopic (exact) mass is 187 g/mol. The van der Waals surface area contributed by atoms with E-state index in [0.717, 1.165) is 13.0 Å². The van der Waals surface area contributed by atoms with Crippen LogP contribution in [0.5, 0.6) is 0 Å². The van der Waals surface area contributed by atoms with Gasteiger partial charge in [-0.3, -0.25) is 4.21 Å². The van der Waals surface area contributed by atoms with Crippen molar-refractivity contribution in [2.45, 2.75) is 31.6 Å². The topological polar surface area (TPSA) is 29.1 Å². The summed E-state index contributed by atoms with van der Waals surface area (Å²) in [7, 11) is -0.762. The van der Waals surface area contributed by atoms with E-state index in [1.807, 2.05) is 13.8 Å². The molecule has 70 valence electrons. The van der Waals surface area contributed by atoms with E-state index in [-0.39, 0.29) is 11.3 Å². The van der Waals surface area contributed by atoms with E-state index in [1.165, 1.54) is 0 Å². The fourth-order valence-corrected chi connectivity index (χ4v) is 1.08. The first kappa shape index (κ1) is 11.7. The highest BCUT2D eigenvalue weighted by atomic mass is 32.2. The Morgan fingerprint density at radius 3 is 2.58 bits per heavy atom.